The Hall–Kier alpha value is -3.80. The normalized spacial score (nSPS) is 16.9. The first kappa shape index (κ1) is 42.9. The van der Waals surface area contributed by atoms with Gasteiger partial charge in [-0.15, -0.1) is 11.3 Å². The number of carbonyl (C=O) groups excluding carboxylic acids is 5. The number of carbonyl (C=O) groups is 5. The van der Waals surface area contributed by atoms with E-state index < -0.39 is 72.7 Å². The first-order chi connectivity index (χ1) is 25.2. The van der Waals surface area contributed by atoms with Gasteiger partial charge in [-0.2, -0.15) is 8.78 Å². The van der Waals surface area contributed by atoms with Gasteiger partial charge in [0.15, 0.2) is 0 Å². The van der Waals surface area contributed by atoms with Crippen LogP contribution in [0.15, 0.2) is 53.0 Å². The van der Waals surface area contributed by atoms with Crippen LogP contribution in [0.3, 0.4) is 0 Å². The van der Waals surface area contributed by atoms with Gasteiger partial charge in [0.2, 0.25) is 17.7 Å². The van der Waals surface area contributed by atoms with E-state index in [0.29, 0.717) is 10.4 Å². The molecular formula is C35H42BrF2N4O10PS. The zero-order valence-electron chi connectivity index (χ0n) is 30.1. The minimum Gasteiger partial charge on any atom is -0.464 e. The van der Waals surface area contributed by atoms with E-state index in [4.69, 9.17) is 9.47 Å². The van der Waals surface area contributed by atoms with E-state index in [-0.39, 0.29) is 48.7 Å². The van der Waals surface area contributed by atoms with Crippen LogP contribution in [0.2, 0.25) is 0 Å². The Balaban J connectivity index is 1.67. The van der Waals surface area contributed by atoms with Crippen LogP contribution in [0, 0.1) is 5.41 Å². The van der Waals surface area contributed by atoms with Crippen molar-refractivity contribution in [3.63, 3.8) is 0 Å². The molecule has 0 aliphatic carbocycles. The second-order valence-electron chi connectivity index (χ2n) is 13.6. The van der Waals surface area contributed by atoms with Gasteiger partial charge in [-0.1, -0.05) is 42.8 Å². The zero-order chi connectivity index (χ0) is 40.2. The molecule has 54 heavy (non-hydrogen) atoms. The Morgan fingerprint density at radius 1 is 1.09 bits per heavy atom. The average molecular weight is 860 g/mol. The summed E-state index contributed by atoms with van der Waals surface area (Å²) in [4.78, 5) is 88.2. The summed E-state index contributed by atoms with van der Waals surface area (Å²) >= 11 is 4.30. The summed E-state index contributed by atoms with van der Waals surface area (Å²) in [7, 11) is -4.36. The largest absolute Gasteiger partial charge is 0.464 e. The lowest BCUT2D eigenvalue weighted by Gasteiger charge is -2.36. The molecule has 0 radical (unpaired) electrons. The molecule has 0 spiro atoms. The van der Waals surface area contributed by atoms with E-state index in [9.17, 15) is 47.1 Å². The number of hydrogen-bond acceptors (Lipinski definition) is 9. The van der Waals surface area contributed by atoms with Gasteiger partial charge in [0.05, 0.1) is 17.6 Å². The number of thiophene rings is 1. The molecule has 2 aromatic carbocycles. The maximum absolute atomic E-state index is 14.6. The Labute approximate surface area is 322 Å². The van der Waals surface area contributed by atoms with E-state index in [2.05, 4.69) is 26.6 Å². The summed E-state index contributed by atoms with van der Waals surface area (Å²) in [6.07, 6.45) is -0.840. The molecule has 14 nitrogen and oxygen atoms in total. The number of amides is 4. The first-order valence-corrected chi connectivity index (χ1v) is 20.0. The highest BCUT2D eigenvalue weighted by molar-refractivity contribution is 9.10. The molecule has 3 atom stereocenters. The maximum atomic E-state index is 14.6. The lowest BCUT2D eigenvalue weighted by Crippen LogP contribution is -2.58. The van der Waals surface area contributed by atoms with Crippen LogP contribution < -0.4 is 15.5 Å². The molecule has 0 bridgehead atoms. The Bertz CT molecular complexity index is 1930. The lowest BCUT2D eigenvalue weighted by molar-refractivity contribution is -0.150. The summed E-state index contributed by atoms with van der Waals surface area (Å²) in [5, 5.41) is 5.41. The van der Waals surface area contributed by atoms with Crippen LogP contribution in [0.5, 0.6) is 0 Å². The summed E-state index contributed by atoms with van der Waals surface area (Å²) < 4.78 is 52.2. The number of ether oxygens (including phenoxy) is 2. The summed E-state index contributed by atoms with van der Waals surface area (Å²) in [5.74, 6) is -2.84. The highest BCUT2D eigenvalue weighted by atomic mass is 79.9. The summed E-state index contributed by atoms with van der Waals surface area (Å²) in [6.45, 7) is 6.30. The van der Waals surface area contributed by atoms with Crippen molar-refractivity contribution >= 4 is 80.2 Å². The molecule has 1 aromatic heterocycles. The Morgan fingerprint density at radius 2 is 1.76 bits per heavy atom. The predicted molar refractivity (Wildman–Crippen MR) is 200 cm³/mol. The fourth-order valence-electron chi connectivity index (χ4n) is 5.82. The Kier molecular flexibility index (Phi) is 13.8. The molecule has 2 heterocycles. The molecule has 1 aliphatic heterocycles. The van der Waals surface area contributed by atoms with E-state index in [1.165, 1.54) is 29.0 Å². The number of anilines is 1. The third-order valence-electron chi connectivity index (χ3n) is 8.66. The van der Waals surface area contributed by atoms with Crippen LogP contribution >= 0.6 is 34.9 Å². The third-order valence-corrected chi connectivity index (χ3v) is 11.3. The number of rotatable bonds is 14. The molecule has 0 unspecified atom stereocenters. The molecule has 4 rings (SSSR count). The van der Waals surface area contributed by atoms with E-state index in [1.54, 1.807) is 52.0 Å². The number of esters is 1. The number of alkyl halides is 2. The SMILES string of the molecule is CCOC(=O)CO[C@H]1C[C@@H](C(=O)N(CCC(=O)NC)c2ccc(Br)cc2)N(C(=O)[C@@H](NC(=O)c2cc3cc(C(F)(F)P(=O)(O)O)ccc3s2)C(C)(C)C)C1. The van der Waals surface area contributed by atoms with Crippen LogP contribution in [0.25, 0.3) is 10.1 Å². The highest BCUT2D eigenvalue weighted by Gasteiger charge is 2.50. The fraction of sp³-hybridized carbons (Fsp3) is 0.457. The van der Waals surface area contributed by atoms with Gasteiger partial charge in [-0.3, -0.25) is 23.7 Å². The van der Waals surface area contributed by atoms with Gasteiger partial charge >= 0.3 is 19.2 Å². The van der Waals surface area contributed by atoms with Crippen molar-refractivity contribution in [1.29, 1.82) is 0 Å². The lowest BCUT2D eigenvalue weighted by atomic mass is 9.85. The first-order valence-electron chi connectivity index (χ1n) is 16.8. The number of hydrogen-bond donors (Lipinski definition) is 4. The van der Waals surface area contributed by atoms with E-state index in [1.807, 2.05) is 0 Å². The van der Waals surface area contributed by atoms with Crippen molar-refractivity contribution in [1.82, 2.24) is 15.5 Å². The van der Waals surface area contributed by atoms with Gasteiger partial charge in [0.1, 0.15) is 18.7 Å². The van der Waals surface area contributed by atoms with Gasteiger partial charge in [0, 0.05) is 53.4 Å². The summed E-state index contributed by atoms with van der Waals surface area (Å²) in [5.41, 5.74) is -5.86. The topological polar surface area (TPSA) is 192 Å². The number of nitrogens with one attached hydrogen (secondary N) is 2. The minimum absolute atomic E-state index is 0.0142. The van der Waals surface area contributed by atoms with Crippen molar-refractivity contribution in [2.75, 3.05) is 38.3 Å². The molecule has 1 fully saturated rings. The van der Waals surface area contributed by atoms with Crippen molar-refractivity contribution in [3.05, 3.63) is 63.4 Å². The molecule has 1 saturated heterocycles. The van der Waals surface area contributed by atoms with Gasteiger partial charge in [0.25, 0.3) is 5.91 Å². The highest BCUT2D eigenvalue weighted by Crippen LogP contribution is 2.59. The number of fused-ring (bicyclic) bond motifs is 1. The second kappa shape index (κ2) is 17.3. The molecule has 19 heteroatoms. The van der Waals surface area contributed by atoms with Crippen molar-refractivity contribution in [2.45, 2.75) is 64.4 Å². The molecule has 3 aromatic rings. The van der Waals surface area contributed by atoms with Crippen molar-refractivity contribution < 1.29 is 56.6 Å². The average Bonchev–Trinajstić information content (AvgIpc) is 3.73. The maximum Gasteiger partial charge on any atom is 0.399 e. The monoisotopic (exact) mass is 858 g/mol. The summed E-state index contributed by atoms with van der Waals surface area (Å²) in [6, 6.07) is 8.70. The number of halogens is 3. The van der Waals surface area contributed by atoms with Crippen LogP contribution in [0.1, 0.15) is 55.8 Å². The second-order valence-corrected chi connectivity index (χ2v) is 17.2. The molecular weight excluding hydrogens is 817 g/mol. The van der Waals surface area contributed by atoms with E-state index in [0.717, 1.165) is 27.9 Å². The van der Waals surface area contributed by atoms with Crippen LogP contribution in [0.4, 0.5) is 14.5 Å². The van der Waals surface area contributed by atoms with E-state index >= 15 is 0 Å². The quantitative estimate of drug-likeness (QED) is 0.130. The van der Waals surface area contributed by atoms with Gasteiger partial charge in [-0.25, -0.2) is 4.79 Å². The predicted octanol–water partition coefficient (Wildman–Crippen LogP) is 4.75. The van der Waals surface area contributed by atoms with Gasteiger partial charge < -0.3 is 39.7 Å². The number of nitrogens with zero attached hydrogens (tertiary/aromatic N) is 2. The molecule has 0 saturated carbocycles. The van der Waals surface area contributed by atoms with Crippen LogP contribution in [-0.4, -0.2) is 95.8 Å². The molecule has 1 aliphatic rings. The fourth-order valence-corrected chi connectivity index (χ4v) is 7.50. The Morgan fingerprint density at radius 3 is 2.35 bits per heavy atom. The van der Waals surface area contributed by atoms with Crippen molar-refractivity contribution in [3.8, 4) is 0 Å². The molecule has 4 amide bonds. The minimum atomic E-state index is -5.84. The molecule has 4 N–H and O–H groups in total. The smallest absolute Gasteiger partial charge is 0.399 e. The number of likely N-dealkylation sites (tertiary alicyclic amines) is 1. The molecule has 294 valence electrons. The standard InChI is InChI=1S/C35H42BrF2N4O10PS/c1-6-51-29(44)19-52-24-17-25(32(46)41(14-13-28(43)39-5)23-10-8-22(36)9-11-23)42(18-24)33(47)30(34(2,3)4)40-31(45)27-16-20-15-21(7-12-26(20)54-27)35(37,38)53(48,49)50/h7-12,15-16,24-25,30H,6,13-14,17-19H2,1-5H3,(H,39,43)(H,40,45)(H2,48,49,50)/t24-,25-,30+/m0/s1. The zero-order valence-corrected chi connectivity index (χ0v) is 33.4. The number of benzene rings is 2. The van der Waals surface area contributed by atoms with Crippen LogP contribution in [-0.2, 0) is 38.9 Å². The third kappa shape index (κ3) is 10.1. The van der Waals surface area contributed by atoms with Gasteiger partial charge in [-0.05, 0) is 60.2 Å². The van der Waals surface area contributed by atoms with Crippen molar-refractivity contribution in [2.24, 2.45) is 5.41 Å².